The SMILES string of the molecule is COc1ccc(COC(=O)[C@H](Cc2ccccc2)NC(=O)[C@H](C)[C@@H](OC)[C@@H]2CCCC(CCC(=O)OCC3c4ccccc4-c4ccccc43)C2)c(OC)c1. The van der Waals surface area contributed by atoms with Gasteiger partial charge in [0.1, 0.15) is 30.8 Å². The van der Waals surface area contributed by atoms with E-state index in [-0.39, 0.29) is 42.8 Å². The van der Waals surface area contributed by atoms with Gasteiger partial charge in [-0.25, -0.2) is 4.79 Å². The third-order valence-corrected chi connectivity index (χ3v) is 11.3. The van der Waals surface area contributed by atoms with E-state index < -0.39 is 17.9 Å². The van der Waals surface area contributed by atoms with Gasteiger partial charge < -0.3 is 29.0 Å². The summed E-state index contributed by atoms with van der Waals surface area (Å²) < 4.78 is 28.4. The summed E-state index contributed by atoms with van der Waals surface area (Å²) in [6.45, 7) is 2.16. The molecule has 2 aliphatic rings. The number of fused-ring (bicyclic) bond motifs is 3. The fraction of sp³-hybridized carbons (Fsp3) is 0.413. The molecule has 0 bridgehead atoms. The smallest absolute Gasteiger partial charge is 0.329 e. The molecule has 1 unspecified atom stereocenters. The van der Waals surface area contributed by atoms with Crippen LogP contribution >= 0.6 is 0 Å². The summed E-state index contributed by atoms with van der Waals surface area (Å²) >= 11 is 0. The molecule has 4 aromatic rings. The van der Waals surface area contributed by atoms with Crippen molar-refractivity contribution >= 4 is 17.8 Å². The number of hydrogen-bond acceptors (Lipinski definition) is 8. The first-order chi connectivity index (χ1) is 26.8. The zero-order valence-corrected chi connectivity index (χ0v) is 32.3. The van der Waals surface area contributed by atoms with Gasteiger partial charge >= 0.3 is 11.9 Å². The second-order valence-corrected chi connectivity index (χ2v) is 14.8. The second kappa shape index (κ2) is 18.9. The molecule has 0 aromatic heterocycles. The van der Waals surface area contributed by atoms with Crippen LogP contribution in [0.15, 0.2) is 97.1 Å². The number of hydrogen-bond donors (Lipinski definition) is 1. The largest absolute Gasteiger partial charge is 0.497 e. The lowest BCUT2D eigenvalue weighted by Crippen LogP contribution is -2.49. The monoisotopic (exact) mass is 747 g/mol. The molecular formula is C46H53NO8. The molecule has 55 heavy (non-hydrogen) atoms. The van der Waals surface area contributed by atoms with Gasteiger partial charge in [0.05, 0.1) is 26.2 Å². The van der Waals surface area contributed by atoms with Crippen molar-refractivity contribution in [1.29, 1.82) is 0 Å². The van der Waals surface area contributed by atoms with Crippen LogP contribution in [-0.2, 0) is 41.6 Å². The Labute approximate surface area is 324 Å². The number of amides is 1. The minimum absolute atomic E-state index is 0.0249. The molecule has 290 valence electrons. The lowest BCUT2D eigenvalue weighted by molar-refractivity contribution is -0.150. The van der Waals surface area contributed by atoms with Gasteiger partial charge in [-0.2, -0.15) is 0 Å². The van der Waals surface area contributed by atoms with E-state index in [0.29, 0.717) is 36.0 Å². The van der Waals surface area contributed by atoms with Crippen molar-refractivity contribution in [2.75, 3.05) is 27.9 Å². The number of methoxy groups -OCH3 is 3. The highest BCUT2D eigenvalue weighted by atomic mass is 16.5. The maximum atomic E-state index is 13.9. The summed E-state index contributed by atoms with van der Waals surface area (Å²) in [4.78, 5) is 40.5. The molecule has 0 spiro atoms. The van der Waals surface area contributed by atoms with E-state index in [1.807, 2.05) is 61.5 Å². The second-order valence-electron chi connectivity index (χ2n) is 14.8. The average molecular weight is 748 g/mol. The van der Waals surface area contributed by atoms with E-state index >= 15 is 0 Å². The number of carbonyl (C=O) groups excluding carboxylic acids is 3. The molecule has 1 amide bonds. The Kier molecular flexibility index (Phi) is 13.6. The number of carbonyl (C=O) groups is 3. The van der Waals surface area contributed by atoms with Gasteiger partial charge in [-0.3, -0.25) is 9.59 Å². The highest BCUT2D eigenvalue weighted by Crippen LogP contribution is 2.44. The standard InChI is InChI=1S/C46H53NO8/c1-30(45(49)47-41(26-31-13-6-5-7-14-31)46(50)55-28-34-22-23-35(51-2)27-42(34)52-3)44(53-4)33-16-12-15-32(25-33)21-24-43(48)54-29-40-38-19-10-8-17-36(38)37-18-9-11-20-39(37)40/h5-11,13-14,17-20,22-23,27,30,32-33,40-41,44H,12,15-16,21,24-26,28-29H2,1-4H3,(H,47,49)/t30-,32?,33-,41+,44-/m1/s1. The Morgan fingerprint density at radius 1 is 0.800 bits per heavy atom. The molecule has 1 N–H and O–H groups in total. The number of ether oxygens (including phenoxy) is 5. The molecule has 0 radical (unpaired) electrons. The molecule has 0 saturated heterocycles. The van der Waals surface area contributed by atoms with Crippen molar-refractivity contribution in [2.24, 2.45) is 17.8 Å². The third kappa shape index (κ3) is 9.75. The quantitative estimate of drug-likeness (QED) is 0.108. The Balaban J connectivity index is 1.03. The normalized spacial score (nSPS) is 17.9. The molecule has 9 heteroatoms. The fourth-order valence-electron chi connectivity index (χ4n) is 8.42. The van der Waals surface area contributed by atoms with E-state index in [4.69, 9.17) is 23.7 Å². The first-order valence-corrected chi connectivity index (χ1v) is 19.4. The van der Waals surface area contributed by atoms with Gasteiger partial charge in [0, 0.05) is 37.5 Å². The number of rotatable bonds is 17. The van der Waals surface area contributed by atoms with Crippen LogP contribution in [0.4, 0.5) is 0 Å². The Hall–Kier alpha value is -5.15. The summed E-state index contributed by atoms with van der Waals surface area (Å²) in [6, 6.07) is 30.6. The van der Waals surface area contributed by atoms with E-state index in [1.165, 1.54) is 22.3 Å². The summed E-state index contributed by atoms with van der Waals surface area (Å²) in [6.07, 6.45) is 4.80. The molecule has 4 aromatic carbocycles. The molecule has 6 rings (SSSR count). The summed E-state index contributed by atoms with van der Waals surface area (Å²) in [5.41, 5.74) is 6.40. The molecule has 1 fully saturated rings. The van der Waals surface area contributed by atoms with Crippen LogP contribution in [0.3, 0.4) is 0 Å². The van der Waals surface area contributed by atoms with Gasteiger partial charge in [-0.15, -0.1) is 0 Å². The van der Waals surface area contributed by atoms with Crippen LogP contribution in [0.1, 0.15) is 73.6 Å². The molecule has 5 atom stereocenters. The van der Waals surface area contributed by atoms with Crippen molar-refractivity contribution in [2.45, 2.75) is 76.5 Å². The molecule has 0 aliphatic heterocycles. The van der Waals surface area contributed by atoms with Gasteiger partial charge in [0.2, 0.25) is 5.91 Å². The third-order valence-electron chi connectivity index (χ3n) is 11.3. The minimum atomic E-state index is -0.907. The fourth-order valence-corrected chi connectivity index (χ4v) is 8.42. The number of benzene rings is 4. The van der Waals surface area contributed by atoms with Crippen LogP contribution in [0.25, 0.3) is 11.1 Å². The van der Waals surface area contributed by atoms with Crippen LogP contribution < -0.4 is 14.8 Å². The Bertz CT molecular complexity index is 1870. The molecule has 1 saturated carbocycles. The number of esters is 2. The molecule has 0 heterocycles. The zero-order chi connectivity index (χ0) is 38.7. The van der Waals surface area contributed by atoms with Crippen molar-refractivity contribution < 1.29 is 38.1 Å². The molecule has 9 nitrogen and oxygen atoms in total. The van der Waals surface area contributed by atoms with Gasteiger partial charge in [-0.05, 0) is 71.0 Å². The van der Waals surface area contributed by atoms with Gasteiger partial charge in [0.15, 0.2) is 0 Å². The minimum Gasteiger partial charge on any atom is -0.497 e. The lowest BCUT2D eigenvalue weighted by Gasteiger charge is -2.36. The Morgan fingerprint density at radius 2 is 1.49 bits per heavy atom. The van der Waals surface area contributed by atoms with Crippen LogP contribution in [-0.4, -0.2) is 57.9 Å². The Morgan fingerprint density at radius 3 is 2.16 bits per heavy atom. The van der Waals surface area contributed by atoms with Crippen LogP contribution in [0.5, 0.6) is 11.5 Å². The predicted octanol–water partition coefficient (Wildman–Crippen LogP) is 8.07. The van der Waals surface area contributed by atoms with E-state index in [9.17, 15) is 14.4 Å². The molecule has 2 aliphatic carbocycles. The van der Waals surface area contributed by atoms with Crippen LogP contribution in [0.2, 0.25) is 0 Å². The zero-order valence-electron chi connectivity index (χ0n) is 32.3. The summed E-state index contributed by atoms with van der Waals surface area (Å²) in [5.74, 6) is 0.146. The van der Waals surface area contributed by atoms with E-state index in [1.54, 1.807) is 39.5 Å². The lowest BCUT2D eigenvalue weighted by atomic mass is 9.74. The van der Waals surface area contributed by atoms with Crippen molar-refractivity contribution in [3.05, 3.63) is 119 Å². The highest BCUT2D eigenvalue weighted by molar-refractivity contribution is 5.86. The summed E-state index contributed by atoms with van der Waals surface area (Å²) in [5, 5.41) is 3.00. The number of nitrogens with one attached hydrogen (secondary N) is 1. The maximum absolute atomic E-state index is 13.9. The summed E-state index contributed by atoms with van der Waals surface area (Å²) in [7, 11) is 4.76. The van der Waals surface area contributed by atoms with E-state index in [2.05, 4.69) is 29.6 Å². The highest BCUT2D eigenvalue weighted by Gasteiger charge is 2.37. The average Bonchev–Trinajstić information content (AvgIpc) is 3.55. The topological polar surface area (TPSA) is 109 Å². The van der Waals surface area contributed by atoms with Crippen molar-refractivity contribution in [3.8, 4) is 22.6 Å². The van der Waals surface area contributed by atoms with Gasteiger partial charge in [-0.1, -0.05) is 98.6 Å². The predicted molar refractivity (Wildman–Crippen MR) is 211 cm³/mol. The first-order valence-electron chi connectivity index (χ1n) is 19.4. The van der Waals surface area contributed by atoms with Crippen LogP contribution in [0, 0.1) is 17.8 Å². The van der Waals surface area contributed by atoms with Crippen molar-refractivity contribution in [1.82, 2.24) is 5.32 Å². The van der Waals surface area contributed by atoms with Gasteiger partial charge in [0.25, 0.3) is 0 Å². The van der Waals surface area contributed by atoms with E-state index in [0.717, 1.165) is 37.7 Å². The van der Waals surface area contributed by atoms with Crippen molar-refractivity contribution in [3.63, 3.8) is 0 Å². The molecular weight excluding hydrogens is 695 g/mol. The maximum Gasteiger partial charge on any atom is 0.329 e. The first kappa shape index (κ1) is 39.5.